The second-order valence-corrected chi connectivity index (χ2v) is 3.75. The molecule has 0 aliphatic carbocycles. The molecule has 0 unspecified atom stereocenters. The molecule has 1 radical (unpaired) electrons. The van der Waals surface area contributed by atoms with E-state index in [0.29, 0.717) is 5.91 Å². The highest BCUT2D eigenvalue weighted by molar-refractivity contribution is 5.76. The molecule has 0 bridgehead atoms. The van der Waals surface area contributed by atoms with Gasteiger partial charge in [-0.2, -0.15) is 0 Å². The summed E-state index contributed by atoms with van der Waals surface area (Å²) in [5.41, 5.74) is 0. The molecule has 1 fully saturated rings. The van der Waals surface area contributed by atoms with Gasteiger partial charge in [0, 0.05) is 19.5 Å². The lowest BCUT2D eigenvalue weighted by Gasteiger charge is -2.14. The summed E-state index contributed by atoms with van der Waals surface area (Å²) in [4.78, 5) is 13.5. The largest absolute Gasteiger partial charge is 0.343 e. The van der Waals surface area contributed by atoms with Crippen molar-refractivity contribution in [1.29, 1.82) is 0 Å². The summed E-state index contributed by atoms with van der Waals surface area (Å²) in [6.07, 6.45) is 7.51. The van der Waals surface area contributed by atoms with E-state index in [9.17, 15) is 4.79 Å². The van der Waals surface area contributed by atoms with Crippen molar-refractivity contribution in [3.63, 3.8) is 0 Å². The van der Waals surface area contributed by atoms with Gasteiger partial charge in [-0.25, -0.2) is 0 Å². The zero-order chi connectivity index (χ0) is 9.52. The van der Waals surface area contributed by atoms with Crippen LogP contribution in [0.4, 0.5) is 0 Å². The molecular formula is C11H20NO. The molecule has 0 atom stereocenters. The summed E-state index contributed by atoms with van der Waals surface area (Å²) in [6, 6.07) is 0. The minimum absolute atomic E-state index is 0.363. The summed E-state index contributed by atoms with van der Waals surface area (Å²) in [5.74, 6) is 0.363. The Morgan fingerprint density at radius 3 is 2.46 bits per heavy atom. The first-order chi connectivity index (χ1) is 6.34. The van der Waals surface area contributed by atoms with Gasteiger partial charge in [0.05, 0.1) is 0 Å². The quantitative estimate of drug-likeness (QED) is 0.598. The standard InChI is InChI=1S/C11H20NO/c1-2-3-4-5-8-11(13)12-9-6-7-10-12/h1-10H2. The third-order valence-corrected chi connectivity index (χ3v) is 2.60. The Morgan fingerprint density at radius 1 is 1.15 bits per heavy atom. The molecule has 1 saturated heterocycles. The van der Waals surface area contributed by atoms with Gasteiger partial charge in [-0.15, -0.1) is 0 Å². The van der Waals surface area contributed by atoms with Crippen LogP contribution in [0.25, 0.3) is 0 Å². The highest BCUT2D eigenvalue weighted by atomic mass is 16.2. The maximum absolute atomic E-state index is 11.5. The lowest BCUT2D eigenvalue weighted by Crippen LogP contribution is -2.27. The fraction of sp³-hybridized carbons (Fsp3) is 0.818. The Morgan fingerprint density at radius 2 is 1.85 bits per heavy atom. The van der Waals surface area contributed by atoms with Gasteiger partial charge in [0.25, 0.3) is 0 Å². The topological polar surface area (TPSA) is 20.3 Å². The van der Waals surface area contributed by atoms with Crippen molar-refractivity contribution in [3.05, 3.63) is 6.92 Å². The van der Waals surface area contributed by atoms with Gasteiger partial charge in [-0.3, -0.25) is 4.79 Å². The number of carbonyl (C=O) groups is 1. The van der Waals surface area contributed by atoms with Gasteiger partial charge in [0.2, 0.25) is 5.91 Å². The van der Waals surface area contributed by atoms with Crippen LogP contribution in [0.1, 0.15) is 44.9 Å². The fourth-order valence-corrected chi connectivity index (χ4v) is 1.75. The number of likely N-dealkylation sites (tertiary alicyclic amines) is 1. The zero-order valence-electron chi connectivity index (χ0n) is 8.43. The first-order valence-electron chi connectivity index (χ1n) is 5.41. The van der Waals surface area contributed by atoms with E-state index in [1.54, 1.807) is 0 Å². The normalized spacial score (nSPS) is 16.5. The number of nitrogens with zero attached hydrogens (tertiary/aromatic N) is 1. The highest BCUT2D eigenvalue weighted by Crippen LogP contribution is 2.11. The zero-order valence-corrected chi connectivity index (χ0v) is 8.43. The van der Waals surface area contributed by atoms with E-state index in [-0.39, 0.29) is 0 Å². The van der Waals surface area contributed by atoms with Crippen LogP contribution in [0.15, 0.2) is 0 Å². The highest BCUT2D eigenvalue weighted by Gasteiger charge is 2.16. The molecule has 0 aromatic carbocycles. The van der Waals surface area contributed by atoms with Crippen molar-refractivity contribution < 1.29 is 4.79 Å². The van der Waals surface area contributed by atoms with Crippen LogP contribution in [-0.4, -0.2) is 23.9 Å². The monoisotopic (exact) mass is 182 g/mol. The van der Waals surface area contributed by atoms with Crippen LogP contribution >= 0.6 is 0 Å². The molecule has 0 N–H and O–H groups in total. The molecule has 0 aromatic heterocycles. The molecule has 1 amide bonds. The Balaban J connectivity index is 2.03. The van der Waals surface area contributed by atoms with Crippen molar-refractivity contribution in [2.75, 3.05) is 13.1 Å². The third kappa shape index (κ3) is 3.79. The van der Waals surface area contributed by atoms with Crippen LogP contribution in [0, 0.1) is 6.92 Å². The minimum atomic E-state index is 0.363. The Hall–Kier alpha value is -0.530. The van der Waals surface area contributed by atoms with Gasteiger partial charge in [-0.1, -0.05) is 26.2 Å². The molecule has 1 rings (SSSR count). The Bertz CT molecular complexity index is 150. The molecular weight excluding hydrogens is 162 g/mol. The summed E-state index contributed by atoms with van der Waals surface area (Å²) < 4.78 is 0. The smallest absolute Gasteiger partial charge is 0.222 e. The van der Waals surface area contributed by atoms with E-state index in [0.717, 1.165) is 45.2 Å². The molecule has 0 saturated carbocycles. The summed E-state index contributed by atoms with van der Waals surface area (Å²) in [6.45, 7) is 5.77. The molecule has 2 nitrogen and oxygen atoms in total. The average Bonchev–Trinajstić information content (AvgIpc) is 2.65. The molecule has 1 aliphatic rings. The maximum atomic E-state index is 11.5. The van der Waals surface area contributed by atoms with Gasteiger partial charge in [-0.05, 0) is 19.3 Å². The van der Waals surface area contributed by atoms with Crippen LogP contribution < -0.4 is 0 Å². The molecule has 75 valence electrons. The summed E-state index contributed by atoms with van der Waals surface area (Å²) in [7, 11) is 0. The van der Waals surface area contributed by atoms with Crippen LogP contribution in [0.3, 0.4) is 0 Å². The van der Waals surface area contributed by atoms with Gasteiger partial charge < -0.3 is 4.90 Å². The molecule has 2 heteroatoms. The Kier molecular flexibility index (Phi) is 4.87. The predicted octanol–water partition coefficient (Wildman–Crippen LogP) is 2.39. The predicted molar refractivity (Wildman–Crippen MR) is 54.3 cm³/mol. The minimum Gasteiger partial charge on any atom is -0.343 e. The van der Waals surface area contributed by atoms with Crippen LogP contribution in [0.2, 0.25) is 0 Å². The van der Waals surface area contributed by atoms with Crippen molar-refractivity contribution in [3.8, 4) is 0 Å². The van der Waals surface area contributed by atoms with E-state index in [2.05, 4.69) is 6.92 Å². The second kappa shape index (κ2) is 6.01. The average molecular weight is 182 g/mol. The second-order valence-electron chi connectivity index (χ2n) is 3.75. The van der Waals surface area contributed by atoms with Crippen molar-refractivity contribution in [2.24, 2.45) is 0 Å². The summed E-state index contributed by atoms with van der Waals surface area (Å²) in [5, 5.41) is 0. The van der Waals surface area contributed by atoms with E-state index >= 15 is 0 Å². The van der Waals surface area contributed by atoms with Crippen molar-refractivity contribution >= 4 is 5.91 Å². The molecule has 1 heterocycles. The lowest BCUT2D eigenvalue weighted by molar-refractivity contribution is -0.130. The number of rotatable bonds is 5. The Labute approximate surface area is 81.3 Å². The van der Waals surface area contributed by atoms with E-state index in [1.165, 1.54) is 12.8 Å². The third-order valence-electron chi connectivity index (χ3n) is 2.60. The number of amides is 1. The van der Waals surface area contributed by atoms with E-state index in [1.807, 2.05) is 4.90 Å². The number of hydrogen-bond acceptors (Lipinski definition) is 1. The SMILES string of the molecule is [CH2]CCCCCC(=O)N1CCCC1. The molecule has 0 aromatic rings. The first kappa shape index (κ1) is 10.6. The molecule has 13 heavy (non-hydrogen) atoms. The van der Waals surface area contributed by atoms with Gasteiger partial charge in [0.15, 0.2) is 0 Å². The lowest BCUT2D eigenvalue weighted by atomic mass is 10.1. The number of hydrogen-bond donors (Lipinski definition) is 0. The van der Waals surface area contributed by atoms with E-state index in [4.69, 9.17) is 0 Å². The molecule has 0 spiro atoms. The first-order valence-corrected chi connectivity index (χ1v) is 5.41. The van der Waals surface area contributed by atoms with Gasteiger partial charge in [0.1, 0.15) is 0 Å². The van der Waals surface area contributed by atoms with Crippen molar-refractivity contribution in [2.45, 2.75) is 44.9 Å². The van der Waals surface area contributed by atoms with Crippen molar-refractivity contribution in [1.82, 2.24) is 4.90 Å². The molecule has 1 aliphatic heterocycles. The van der Waals surface area contributed by atoms with Crippen LogP contribution in [0.5, 0.6) is 0 Å². The number of carbonyl (C=O) groups excluding carboxylic acids is 1. The fourth-order valence-electron chi connectivity index (χ4n) is 1.75. The van der Waals surface area contributed by atoms with Crippen LogP contribution in [-0.2, 0) is 4.79 Å². The van der Waals surface area contributed by atoms with E-state index < -0.39 is 0 Å². The number of unbranched alkanes of at least 4 members (excludes halogenated alkanes) is 3. The maximum Gasteiger partial charge on any atom is 0.222 e. The van der Waals surface area contributed by atoms with Gasteiger partial charge >= 0.3 is 0 Å². The summed E-state index contributed by atoms with van der Waals surface area (Å²) >= 11 is 0.